The minimum atomic E-state index is -0.526. The highest BCUT2D eigenvalue weighted by molar-refractivity contribution is 8.00. The molecule has 42 heavy (non-hydrogen) atoms. The summed E-state index contributed by atoms with van der Waals surface area (Å²) in [6.07, 6.45) is 0.515. The first-order valence-electron chi connectivity index (χ1n) is 13.2. The third-order valence-corrected chi connectivity index (χ3v) is 8.50. The summed E-state index contributed by atoms with van der Waals surface area (Å²) in [4.78, 5) is 50.1. The number of ether oxygens (including phenoxy) is 1. The van der Waals surface area contributed by atoms with Gasteiger partial charge in [-0.05, 0) is 56.2 Å². The summed E-state index contributed by atoms with van der Waals surface area (Å²) in [6.45, 7) is 5.83. The van der Waals surface area contributed by atoms with Gasteiger partial charge >= 0.3 is 5.97 Å². The zero-order valence-corrected chi connectivity index (χ0v) is 24.8. The molecule has 1 atom stereocenters. The number of hydrogen-bond donors (Lipinski definition) is 2. The molecule has 0 radical (unpaired) electrons. The van der Waals surface area contributed by atoms with Gasteiger partial charge in [-0.25, -0.2) is 4.79 Å². The summed E-state index contributed by atoms with van der Waals surface area (Å²) in [7, 11) is 0. The maximum atomic E-state index is 13.4. The number of nitro groups is 1. The van der Waals surface area contributed by atoms with Crippen LogP contribution >= 0.6 is 23.1 Å². The van der Waals surface area contributed by atoms with E-state index in [1.807, 2.05) is 49.6 Å². The average Bonchev–Trinajstić information content (AvgIpc) is 3.40. The Kier molecular flexibility index (Phi) is 10.1. The highest BCUT2D eigenvalue weighted by Gasteiger charge is 2.26. The van der Waals surface area contributed by atoms with Gasteiger partial charge in [0.05, 0.1) is 16.8 Å². The van der Waals surface area contributed by atoms with Crippen LogP contribution in [0.25, 0.3) is 11.1 Å². The van der Waals surface area contributed by atoms with Crippen LogP contribution < -0.4 is 10.6 Å². The number of nitrogens with one attached hydrogen (secondary N) is 2. The zero-order chi connectivity index (χ0) is 30.2. The Morgan fingerprint density at radius 1 is 1.00 bits per heavy atom. The van der Waals surface area contributed by atoms with E-state index in [9.17, 15) is 24.5 Å². The maximum Gasteiger partial charge on any atom is 0.341 e. The van der Waals surface area contributed by atoms with Crippen LogP contribution in [-0.2, 0) is 9.53 Å². The van der Waals surface area contributed by atoms with Gasteiger partial charge in [0, 0.05) is 39.2 Å². The molecule has 11 heteroatoms. The Morgan fingerprint density at radius 3 is 2.36 bits per heavy atom. The van der Waals surface area contributed by atoms with Crippen LogP contribution in [0.5, 0.6) is 0 Å². The van der Waals surface area contributed by atoms with Gasteiger partial charge < -0.3 is 15.4 Å². The number of aryl methyl sites for hydroxylation is 1. The molecule has 0 saturated heterocycles. The molecule has 2 amide bonds. The number of thiophene rings is 1. The molecule has 9 nitrogen and oxygen atoms in total. The van der Waals surface area contributed by atoms with Gasteiger partial charge in [0.1, 0.15) is 10.6 Å². The second-order valence-corrected chi connectivity index (χ2v) is 11.4. The molecule has 4 aromatic rings. The molecule has 4 rings (SSSR count). The maximum absolute atomic E-state index is 13.4. The van der Waals surface area contributed by atoms with Crippen LogP contribution in [0, 0.1) is 17.0 Å². The molecule has 2 N–H and O–H groups in total. The second kappa shape index (κ2) is 13.9. The lowest BCUT2D eigenvalue weighted by atomic mass is 10.0. The lowest BCUT2D eigenvalue weighted by Crippen LogP contribution is -2.25. The number of nitro benzene ring substituents is 1. The Balaban J connectivity index is 1.48. The number of carbonyl (C=O) groups is 3. The van der Waals surface area contributed by atoms with E-state index in [0.29, 0.717) is 28.2 Å². The predicted molar refractivity (Wildman–Crippen MR) is 167 cm³/mol. The fourth-order valence-electron chi connectivity index (χ4n) is 4.07. The second-order valence-electron chi connectivity index (χ2n) is 9.23. The summed E-state index contributed by atoms with van der Waals surface area (Å²) in [5.41, 5.74) is 3.68. The number of benzene rings is 3. The fourth-order valence-corrected chi connectivity index (χ4v) is 6.04. The van der Waals surface area contributed by atoms with E-state index < -0.39 is 22.0 Å². The van der Waals surface area contributed by atoms with E-state index in [-0.39, 0.29) is 23.8 Å². The first-order chi connectivity index (χ1) is 20.2. The minimum absolute atomic E-state index is 0.0999. The van der Waals surface area contributed by atoms with Gasteiger partial charge in [-0.15, -0.1) is 23.1 Å². The van der Waals surface area contributed by atoms with Crippen LogP contribution in [0.2, 0.25) is 0 Å². The molecule has 216 valence electrons. The van der Waals surface area contributed by atoms with Gasteiger partial charge in [0.2, 0.25) is 5.91 Å². The quantitative estimate of drug-likeness (QED) is 0.0783. The Bertz CT molecular complexity index is 1600. The van der Waals surface area contributed by atoms with Crippen molar-refractivity contribution in [3.05, 3.63) is 105 Å². The lowest BCUT2D eigenvalue weighted by Gasteiger charge is -2.16. The molecule has 0 fully saturated rings. The number of thioether (sulfide) groups is 1. The van der Waals surface area contributed by atoms with Crippen molar-refractivity contribution < 1.29 is 24.0 Å². The number of nitrogens with zero attached hydrogens (tertiary/aromatic N) is 1. The number of rotatable bonds is 11. The standard InChI is InChI=1S/C31H29N3O6S2/c1-4-26(42-24-8-6-7-22(17-24)32-28(35)21-13-15-23(16-14-21)34(38)39)29(36)33-30-27(31(37)40-5-2)25(18-41-30)20-11-9-19(3)10-12-20/h6-18,26H,4-5H2,1-3H3,(H,32,35)(H,33,36). The largest absolute Gasteiger partial charge is 0.462 e. The smallest absolute Gasteiger partial charge is 0.341 e. The van der Waals surface area contributed by atoms with Crippen molar-refractivity contribution in [1.29, 1.82) is 0 Å². The fraction of sp³-hybridized carbons (Fsp3) is 0.194. The lowest BCUT2D eigenvalue weighted by molar-refractivity contribution is -0.384. The summed E-state index contributed by atoms with van der Waals surface area (Å²) >= 11 is 2.61. The molecule has 1 aromatic heterocycles. The topological polar surface area (TPSA) is 128 Å². The number of hydrogen-bond acceptors (Lipinski definition) is 8. The number of carbonyl (C=O) groups excluding carboxylic acids is 3. The van der Waals surface area contributed by atoms with Gasteiger partial charge in [-0.2, -0.15) is 0 Å². The molecule has 3 aromatic carbocycles. The van der Waals surface area contributed by atoms with E-state index in [4.69, 9.17) is 4.74 Å². The molecule has 0 aliphatic heterocycles. The van der Waals surface area contributed by atoms with E-state index in [2.05, 4.69) is 10.6 Å². The van der Waals surface area contributed by atoms with Crippen LogP contribution in [0.3, 0.4) is 0 Å². The Hall–Kier alpha value is -4.48. The molecular formula is C31H29N3O6S2. The van der Waals surface area contributed by atoms with Crippen LogP contribution in [0.15, 0.2) is 83.1 Å². The first-order valence-corrected chi connectivity index (χ1v) is 14.9. The summed E-state index contributed by atoms with van der Waals surface area (Å²) < 4.78 is 5.32. The molecule has 0 aliphatic rings. The first kappa shape index (κ1) is 30.5. The number of non-ortho nitro benzene ring substituents is 1. The normalized spacial score (nSPS) is 11.4. The van der Waals surface area contributed by atoms with Crippen molar-refractivity contribution in [3.63, 3.8) is 0 Å². The summed E-state index contributed by atoms with van der Waals surface area (Å²) in [6, 6.07) is 20.2. The third kappa shape index (κ3) is 7.42. The van der Waals surface area contributed by atoms with E-state index >= 15 is 0 Å². The molecule has 0 spiro atoms. The summed E-state index contributed by atoms with van der Waals surface area (Å²) in [5.74, 6) is -1.17. The van der Waals surface area contributed by atoms with E-state index in [1.54, 1.807) is 25.1 Å². The number of esters is 1. The monoisotopic (exact) mass is 603 g/mol. The van der Waals surface area contributed by atoms with Crippen molar-refractivity contribution in [3.8, 4) is 11.1 Å². The van der Waals surface area contributed by atoms with Crippen molar-refractivity contribution in [2.45, 2.75) is 37.3 Å². The molecule has 0 aliphatic carbocycles. The highest BCUT2D eigenvalue weighted by Crippen LogP contribution is 2.37. The molecule has 0 bridgehead atoms. The van der Waals surface area contributed by atoms with Crippen molar-refractivity contribution in [1.82, 2.24) is 0 Å². The van der Waals surface area contributed by atoms with Crippen molar-refractivity contribution >= 4 is 57.3 Å². The molecule has 1 unspecified atom stereocenters. The highest BCUT2D eigenvalue weighted by atomic mass is 32.2. The average molecular weight is 604 g/mol. The third-order valence-electron chi connectivity index (χ3n) is 6.24. The molecule has 0 saturated carbocycles. The Morgan fingerprint density at radius 2 is 1.71 bits per heavy atom. The number of amides is 2. The van der Waals surface area contributed by atoms with Crippen LogP contribution in [-0.4, -0.2) is 34.6 Å². The van der Waals surface area contributed by atoms with Crippen LogP contribution in [0.4, 0.5) is 16.4 Å². The van der Waals surface area contributed by atoms with Crippen molar-refractivity contribution in [2.24, 2.45) is 0 Å². The zero-order valence-electron chi connectivity index (χ0n) is 23.2. The minimum Gasteiger partial charge on any atom is -0.462 e. The molecule has 1 heterocycles. The summed E-state index contributed by atoms with van der Waals surface area (Å²) in [5, 5.41) is 18.4. The van der Waals surface area contributed by atoms with Gasteiger partial charge in [0.15, 0.2) is 0 Å². The molecular weight excluding hydrogens is 574 g/mol. The SMILES string of the molecule is CCOC(=O)c1c(-c2ccc(C)cc2)csc1NC(=O)C(CC)Sc1cccc(NC(=O)c2ccc([N+](=O)[O-])cc2)c1. The number of anilines is 2. The van der Waals surface area contributed by atoms with E-state index in [0.717, 1.165) is 16.0 Å². The van der Waals surface area contributed by atoms with Gasteiger partial charge in [-0.1, -0.05) is 42.8 Å². The van der Waals surface area contributed by atoms with E-state index in [1.165, 1.54) is 47.4 Å². The van der Waals surface area contributed by atoms with Gasteiger partial charge in [-0.3, -0.25) is 19.7 Å². The van der Waals surface area contributed by atoms with Crippen LogP contribution in [0.1, 0.15) is 46.5 Å². The predicted octanol–water partition coefficient (Wildman–Crippen LogP) is 7.57. The van der Waals surface area contributed by atoms with Gasteiger partial charge in [0.25, 0.3) is 11.6 Å². The Labute approximate surface area is 251 Å². The van der Waals surface area contributed by atoms with Crippen molar-refractivity contribution in [2.75, 3.05) is 17.2 Å².